The largest absolute Gasteiger partial charge is 0.483 e. The maximum Gasteiger partial charge on any atom is 0 e. The van der Waals surface area contributed by atoms with Gasteiger partial charge in [-0.25, -0.2) is 0 Å². The molecule has 0 fully saturated rings. The van der Waals surface area contributed by atoms with Gasteiger partial charge in [-0.15, -0.1) is 6.58 Å². The van der Waals surface area contributed by atoms with E-state index in [0.717, 1.165) is 6.54 Å². The molecule has 0 amide bonds. The topological polar surface area (TPSA) is 35.8 Å². The van der Waals surface area contributed by atoms with E-state index in [0.29, 0.717) is 0 Å². The van der Waals surface area contributed by atoms with E-state index < -0.39 is 0 Å². The molecule has 0 spiro atoms. The molecule has 59 valence electrons. The Labute approximate surface area is 72.7 Å². The summed E-state index contributed by atoms with van der Waals surface area (Å²) >= 11 is 0. The molecule has 0 aliphatic rings. The van der Waals surface area contributed by atoms with Gasteiger partial charge in [0.05, 0.1) is 0 Å². The third-order valence-electron chi connectivity index (χ3n) is 0.390. The van der Waals surface area contributed by atoms with Crippen molar-refractivity contribution in [2.24, 2.45) is 0 Å². The number of nitrogens with one attached hydrogen (secondary N) is 2. The Bertz CT molecular complexity index is 62.5. The van der Waals surface area contributed by atoms with Crippen molar-refractivity contribution in [2.75, 3.05) is 6.54 Å². The third kappa shape index (κ3) is 32.5. The summed E-state index contributed by atoms with van der Waals surface area (Å²) in [7, 11) is 0. The first-order chi connectivity index (χ1) is 3.77. The fraction of sp³-hybridized carbons (Fsp3) is 0.667. The normalized spacial score (nSPS) is 5.67. The van der Waals surface area contributed by atoms with Gasteiger partial charge in [0.15, 0.2) is 0 Å². The summed E-state index contributed by atoms with van der Waals surface area (Å²) < 4.78 is 0. The summed E-state index contributed by atoms with van der Waals surface area (Å²) in [5, 5.41) is 2.68. The summed E-state index contributed by atoms with van der Waals surface area (Å²) in [4.78, 5) is 0. The Morgan fingerprint density at radius 1 is 1.67 bits per heavy atom. The standard InChI is InChI=1S/C4H9N2.C2H6.V.2H2/c1-3-6-4(2)5;1-2;;;/h5-6H,2-3H2,1H3;1-2H3;;2*1H/q-1;;;;. The van der Waals surface area contributed by atoms with Gasteiger partial charge >= 0.3 is 0 Å². The molecule has 2 N–H and O–H groups in total. The van der Waals surface area contributed by atoms with Crippen LogP contribution in [0.1, 0.15) is 23.6 Å². The van der Waals surface area contributed by atoms with Crippen LogP contribution in [0.2, 0.25) is 0 Å². The van der Waals surface area contributed by atoms with E-state index >= 15 is 0 Å². The molecule has 0 aliphatic heterocycles. The summed E-state index contributed by atoms with van der Waals surface area (Å²) in [6, 6.07) is 0. The van der Waals surface area contributed by atoms with Crippen LogP contribution in [0.5, 0.6) is 0 Å². The number of rotatable bonds is 2. The second kappa shape index (κ2) is 15.7. The zero-order chi connectivity index (χ0) is 6.99. The molecule has 1 radical (unpaired) electrons. The van der Waals surface area contributed by atoms with E-state index in [9.17, 15) is 0 Å². The van der Waals surface area contributed by atoms with Crippen LogP contribution in [-0.4, -0.2) is 6.54 Å². The first-order valence-corrected chi connectivity index (χ1v) is 2.91. The molecule has 3 heteroatoms. The molecule has 0 bridgehead atoms. The molecule has 2 nitrogen and oxygen atoms in total. The van der Waals surface area contributed by atoms with E-state index in [1.165, 1.54) is 0 Å². The van der Waals surface area contributed by atoms with Crippen LogP contribution in [0.4, 0.5) is 0 Å². The fourth-order valence-electron chi connectivity index (χ4n) is 0.213. The van der Waals surface area contributed by atoms with E-state index in [-0.39, 0.29) is 27.2 Å². The van der Waals surface area contributed by atoms with Gasteiger partial charge in [0.25, 0.3) is 0 Å². The number of hydrogen-bond donors (Lipinski definition) is 1. The SMILES string of the molecule is C=C([NH-])NCC.CC.[HH].[HH].[V]. The summed E-state index contributed by atoms with van der Waals surface area (Å²) in [6.45, 7) is 10.0. The Kier molecular flexibility index (Phi) is 27.8. The third-order valence-corrected chi connectivity index (χ3v) is 0.390. The molecule has 0 aliphatic carbocycles. The van der Waals surface area contributed by atoms with Crippen LogP contribution in [-0.2, 0) is 18.6 Å². The first-order valence-electron chi connectivity index (χ1n) is 2.91. The van der Waals surface area contributed by atoms with Crippen molar-refractivity contribution in [1.29, 1.82) is 0 Å². The Hall–Kier alpha value is -0.0756. The molecule has 0 saturated carbocycles. The van der Waals surface area contributed by atoms with Crippen molar-refractivity contribution in [3.05, 3.63) is 18.1 Å². The van der Waals surface area contributed by atoms with Crippen molar-refractivity contribution in [2.45, 2.75) is 20.8 Å². The average molecular weight is 170 g/mol. The van der Waals surface area contributed by atoms with Gasteiger partial charge in [0.1, 0.15) is 0 Å². The molecule has 0 heterocycles. The van der Waals surface area contributed by atoms with Gasteiger partial charge in [-0.1, -0.05) is 33.1 Å². The van der Waals surface area contributed by atoms with Gasteiger partial charge in [0, 0.05) is 21.4 Å². The van der Waals surface area contributed by atoms with Crippen molar-refractivity contribution in [1.82, 2.24) is 5.32 Å². The van der Waals surface area contributed by atoms with Crippen LogP contribution in [0.25, 0.3) is 5.73 Å². The Morgan fingerprint density at radius 3 is 2.00 bits per heavy atom. The van der Waals surface area contributed by atoms with Gasteiger partial charge < -0.3 is 11.1 Å². The molecule has 0 aromatic rings. The molecule has 0 unspecified atom stereocenters. The zero-order valence-electron chi connectivity index (χ0n) is 6.36. The predicted molar refractivity (Wildman–Crippen MR) is 42.7 cm³/mol. The minimum Gasteiger partial charge on any atom is -0.483 e. The van der Waals surface area contributed by atoms with Gasteiger partial charge in [0.2, 0.25) is 0 Å². The van der Waals surface area contributed by atoms with E-state index in [1.807, 2.05) is 20.8 Å². The molecule has 0 aromatic heterocycles. The van der Waals surface area contributed by atoms with Crippen LogP contribution < -0.4 is 5.32 Å². The summed E-state index contributed by atoms with van der Waals surface area (Å²) in [5.41, 5.74) is 6.67. The zero-order valence-corrected chi connectivity index (χ0v) is 7.76. The molecular formula is C6H19N2V-. The monoisotopic (exact) mass is 170 g/mol. The van der Waals surface area contributed by atoms with E-state index in [1.54, 1.807) is 0 Å². The second-order valence-corrected chi connectivity index (χ2v) is 1.01. The van der Waals surface area contributed by atoms with Crippen LogP contribution in [0.3, 0.4) is 0 Å². The summed E-state index contributed by atoms with van der Waals surface area (Å²) in [6.07, 6.45) is 0. The minimum atomic E-state index is 0. The molecule has 0 rings (SSSR count). The maximum atomic E-state index is 6.67. The fourth-order valence-corrected chi connectivity index (χ4v) is 0.213. The van der Waals surface area contributed by atoms with Gasteiger partial charge in [-0.05, 0) is 0 Å². The van der Waals surface area contributed by atoms with Crippen LogP contribution in [0, 0.1) is 0 Å². The van der Waals surface area contributed by atoms with Crippen molar-refractivity contribution in [3.63, 3.8) is 0 Å². The molecule has 9 heavy (non-hydrogen) atoms. The smallest absolute Gasteiger partial charge is 0 e. The van der Waals surface area contributed by atoms with Crippen molar-refractivity contribution in [3.8, 4) is 0 Å². The van der Waals surface area contributed by atoms with Crippen molar-refractivity contribution < 1.29 is 21.4 Å². The molecule has 0 saturated heterocycles. The van der Waals surface area contributed by atoms with E-state index in [4.69, 9.17) is 5.73 Å². The maximum absolute atomic E-state index is 6.67. The second-order valence-electron chi connectivity index (χ2n) is 1.01. The predicted octanol–water partition coefficient (Wildman–Crippen LogP) is 2.64. The molecular weight excluding hydrogens is 151 g/mol. The Morgan fingerprint density at radius 2 is 2.00 bits per heavy atom. The van der Waals surface area contributed by atoms with Crippen LogP contribution >= 0.6 is 0 Å². The molecule has 0 aromatic carbocycles. The summed E-state index contributed by atoms with van der Waals surface area (Å²) in [5.74, 6) is 0.289. The van der Waals surface area contributed by atoms with E-state index in [2.05, 4.69) is 11.9 Å². The van der Waals surface area contributed by atoms with Gasteiger partial charge in [-0.2, -0.15) is 0 Å². The number of hydrogen-bond acceptors (Lipinski definition) is 1. The minimum absolute atomic E-state index is 0. The van der Waals surface area contributed by atoms with Crippen molar-refractivity contribution >= 4 is 0 Å². The quantitative estimate of drug-likeness (QED) is 0.679. The van der Waals surface area contributed by atoms with Gasteiger partial charge in [-0.3, -0.25) is 0 Å². The first kappa shape index (κ1) is 16.0. The molecule has 0 atom stereocenters. The Balaban J connectivity index is -0.0000000222. The van der Waals surface area contributed by atoms with Crippen LogP contribution in [0.15, 0.2) is 12.4 Å². The average Bonchev–Trinajstić information content (AvgIpc) is 1.72.